The van der Waals surface area contributed by atoms with Crippen LogP contribution in [-0.2, 0) is 6.42 Å². The van der Waals surface area contributed by atoms with Gasteiger partial charge in [-0.25, -0.2) is 0 Å². The van der Waals surface area contributed by atoms with E-state index in [2.05, 4.69) is 9.97 Å². The topological polar surface area (TPSA) is 42.9 Å². The fraction of sp³-hybridized carbons (Fsp3) is 0.214. The number of aryl methyl sites for hydroxylation is 2. The fourth-order valence-corrected chi connectivity index (χ4v) is 1.78. The van der Waals surface area contributed by atoms with Crippen molar-refractivity contribution in [2.24, 2.45) is 0 Å². The molecule has 0 bridgehead atoms. The number of nitrogens with zero attached hydrogens (tertiary/aromatic N) is 2. The standard InChI is InChI=1S/C14H14N2O/c1-3-11-8-15-7-5-12(11)14(17)13-9-16-6-4-10(13)2/h4-9H,3H2,1-2H3. The van der Waals surface area contributed by atoms with Crippen molar-refractivity contribution < 1.29 is 4.79 Å². The Bertz CT molecular complexity index is 549. The van der Waals surface area contributed by atoms with Gasteiger partial charge in [0.25, 0.3) is 0 Å². The van der Waals surface area contributed by atoms with Crippen molar-refractivity contribution in [1.29, 1.82) is 0 Å². The average Bonchev–Trinajstić information content (AvgIpc) is 2.38. The van der Waals surface area contributed by atoms with E-state index in [9.17, 15) is 4.79 Å². The second kappa shape index (κ2) is 4.87. The molecule has 0 aromatic carbocycles. The van der Waals surface area contributed by atoms with Crippen LogP contribution in [0, 0.1) is 6.92 Å². The Hall–Kier alpha value is -2.03. The summed E-state index contributed by atoms with van der Waals surface area (Å²) < 4.78 is 0. The van der Waals surface area contributed by atoms with Crippen LogP contribution >= 0.6 is 0 Å². The van der Waals surface area contributed by atoms with E-state index in [0.717, 1.165) is 23.1 Å². The Balaban J connectivity index is 2.48. The van der Waals surface area contributed by atoms with E-state index in [0.29, 0.717) is 5.56 Å². The lowest BCUT2D eigenvalue weighted by Gasteiger charge is -2.07. The number of hydrogen-bond acceptors (Lipinski definition) is 3. The molecule has 0 aliphatic carbocycles. The van der Waals surface area contributed by atoms with Crippen molar-refractivity contribution in [3.63, 3.8) is 0 Å². The molecule has 0 aliphatic rings. The highest BCUT2D eigenvalue weighted by Gasteiger charge is 2.14. The molecular formula is C14H14N2O. The molecule has 0 N–H and O–H groups in total. The van der Waals surface area contributed by atoms with E-state index in [1.165, 1.54) is 0 Å². The molecule has 2 aromatic heterocycles. The number of pyridine rings is 2. The Morgan fingerprint density at radius 1 is 1.12 bits per heavy atom. The van der Waals surface area contributed by atoms with Gasteiger partial charge in [-0.1, -0.05) is 6.92 Å². The fourth-order valence-electron chi connectivity index (χ4n) is 1.78. The molecule has 0 saturated carbocycles. The number of aromatic nitrogens is 2. The Morgan fingerprint density at radius 2 is 1.82 bits per heavy atom. The minimum atomic E-state index is 0.0230. The third-order valence-electron chi connectivity index (χ3n) is 2.81. The molecule has 0 aliphatic heterocycles. The van der Waals surface area contributed by atoms with Crippen LogP contribution < -0.4 is 0 Å². The summed E-state index contributed by atoms with van der Waals surface area (Å²) in [7, 11) is 0. The molecular weight excluding hydrogens is 212 g/mol. The number of hydrogen-bond donors (Lipinski definition) is 0. The summed E-state index contributed by atoms with van der Waals surface area (Å²) in [6, 6.07) is 3.62. The Labute approximate surface area is 101 Å². The largest absolute Gasteiger partial charge is 0.289 e. The molecule has 3 heteroatoms. The van der Waals surface area contributed by atoms with Gasteiger partial charge in [0, 0.05) is 35.9 Å². The molecule has 0 spiro atoms. The first kappa shape index (κ1) is 11.5. The van der Waals surface area contributed by atoms with Crippen molar-refractivity contribution in [3.8, 4) is 0 Å². The van der Waals surface area contributed by atoms with Crippen LogP contribution in [0.3, 0.4) is 0 Å². The zero-order valence-corrected chi connectivity index (χ0v) is 9.97. The second-order valence-electron chi connectivity index (χ2n) is 3.91. The molecule has 2 heterocycles. The van der Waals surface area contributed by atoms with Crippen LogP contribution in [0.5, 0.6) is 0 Å². The number of carbonyl (C=O) groups excluding carboxylic acids is 1. The highest BCUT2D eigenvalue weighted by atomic mass is 16.1. The van der Waals surface area contributed by atoms with E-state index in [1.54, 1.807) is 30.9 Å². The first-order valence-electron chi connectivity index (χ1n) is 5.62. The van der Waals surface area contributed by atoms with Crippen LogP contribution in [0.2, 0.25) is 0 Å². The summed E-state index contributed by atoms with van der Waals surface area (Å²) in [5.41, 5.74) is 3.30. The molecule has 86 valence electrons. The quantitative estimate of drug-likeness (QED) is 0.755. The first-order chi connectivity index (χ1) is 8.24. The minimum absolute atomic E-state index is 0.0230. The molecule has 0 amide bonds. The number of rotatable bonds is 3. The molecule has 0 atom stereocenters. The second-order valence-corrected chi connectivity index (χ2v) is 3.91. The summed E-state index contributed by atoms with van der Waals surface area (Å²) in [4.78, 5) is 20.4. The van der Waals surface area contributed by atoms with Gasteiger partial charge in [0.1, 0.15) is 0 Å². The molecule has 0 fully saturated rings. The average molecular weight is 226 g/mol. The maximum atomic E-state index is 12.4. The summed E-state index contributed by atoms with van der Waals surface area (Å²) in [5.74, 6) is 0.0230. The van der Waals surface area contributed by atoms with Gasteiger partial charge in [0.05, 0.1) is 0 Å². The monoisotopic (exact) mass is 226 g/mol. The maximum Gasteiger partial charge on any atom is 0.195 e. The molecule has 2 rings (SSSR count). The van der Waals surface area contributed by atoms with Gasteiger partial charge < -0.3 is 0 Å². The van der Waals surface area contributed by atoms with Crippen LogP contribution in [0.1, 0.15) is 34.0 Å². The molecule has 2 aromatic rings. The third-order valence-corrected chi connectivity index (χ3v) is 2.81. The van der Waals surface area contributed by atoms with Crippen molar-refractivity contribution in [3.05, 3.63) is 59.2 Å². The molecule has 0 radical (unpaired) electrons. The van der Waals surface area contributed by atoms with E-state index in [-0.39, 0.29) is 5.78 Å². The lowest BCUT2D eigenvalue weighted by molar-refractivity contribution is 0.103. The van der Waals surface area contributed by atoms with Crippen molar-refractivity contribution in [2.75, 3.05) is 0 Å². The summed E-state index contributed by atoms with van der Waals surface area (Å²) in [6.45, 7) is 3.94. The number of carbonyl (C=O) groups is 1. The van der Waals surface area contributed by atoms with E-state index < -0.39 is 0 Å². The lowest BCUT2D eigenvalue weighted by Crippen LogP contribution is -2.07. The Kier molecular flexibility index (Phi) is 3.28. The maximum absolute atomic E-state index is 12.4. The summed E-state index contributed by atoms with van der Waals surface area (Å²) >= 11 is 0. The lowest BCUT2D eigenvalue weighted by atomic mass is 9.97. The number of ketones is 1. The van der Waals surface area contributed by atoms with Gasteiger partial charge in [-0.05, 0) is 36.6 Å². The van der Waals surface area contributed by atoms with Gasteiger partial charge in [-0.15, -0.1) is 0 Å². The van der Waals surface area contributed by atoms with Crippen molar-refractivity contribution in [2.45, 2.75) is 20.3 Å². The Morgan fingerprint density at radius 3 is 2.53 bits per heavy atom. The van der Waals surface area contributed by atoms with Crippen LogP contribution in [0.15, 0.2) is 36.9 Å². The van der Waals surface area contributed by atoms with Gasteiger partial charge in [-0.2, -0.15) is 0 Å². The highest BCUT2D eigenvalue weighted by Crippen LogP contribution is 2.16. The van der Waals surface area contributed by atoms with Gasteiger partial charge in [-0.3, -0.25) is 14.8 Å². The molecule has 0 unspecified atom stereocenters. The zero-order valence-electron chi connectivity index (χ0n) is 9.97. The van der Waals surface area contributed by atoms with Crippen molar-refractivity contribution in [1.82, 2.24) is 9.97 Å². The molecule has 0 saturated heterocycles. The predicted molar refractivity (Wildman–Crippen MR) is 66.0 cm³/mol. The zero-order chi connectivity index (χ0) is 12.3. The van der Waals surface area contributed by atoms with Crippen molar-refractivity contribution >= 4 is 5.78 Å². The van der Waals surface area contributed by atoms with Crippen LogP contribution in [-0.4, -0.2) is 15.8 Å². The third kappa shape index (κ3) is 2.23. The van der Waals surface area contributed by atoms with Crippen LogP contribution in [0.4, 0.5) is 0 Å². The summed E-state index contributed by atoms with van der Waals surface area (Å²) in [6.07, 6.45) is 7.52. The van der Waals surface area contributed by atoms with Crippen LogP contribution in [0.25, 0.3) is 0 Å². The van der Waals surface area contributed by atoms with Gasteiger partial charge in [0.2, 0.25) is 0 Å². The normalized spacial score (nSPS) is 10.2. The molecule has 17 heavy (non-hydrogen) atoms. The smallest absolute Gasteiger partial charge is 0.195 e. The summed E-state index contributed by atoms with van der Waals surface area (Å²) in [5, 5.41) is 0. The van der Waals surface area contributed by atoms with Gasteiger partial charge >= 0.3 is 0 Å². The minimum Gasteiger partial charge on any atom is -0.289 e. The van der Waals surface area contributed by atoms with E-state index in [4.69, 9.17) is 0 Å². The molecule has 3 nitrogen and oxygen atoms in total. The SMILES string of the molecule is CCc1cnccc1C(=O)c1cnccc1C. The predicted octanol–water partition coefficient (Wildman–Crippen LogP) is 2.58. The highest BCUT2D eigenvalue weighted by molar-refractivity contribution is 6.10. The van der Waals surface area contributed by atoms with Gasteiger partial charge in [0.15, 0.2) is 5.78 Å². The van der Waals surface area contributed by atoms with E-state index in [1.807, 2.05) is 19.9 Å². The van der Waals surface area contributed by atoms with E-state index >= 15 is 0 Å². The first-order valence-corrected chi connectivity index (χ1v) is 5.62.